The fourth-order valence-electron chi connectivity index (χ4n) is 1.35. The second kappa shape index (κ2) is 6.74. The number of aliphatic hydroxyl groups is 1. The second-order valence-corrected chi connectivity index (χ2v) is 3.95. The van der Waals surface area contributed by atoms with Crippen LogP contribution in [0.5, 0.6) is 0 Å². The first-order valence-electron chi connectivity index (χ1n) is 5.80. The number of aliphatic hydroxyl groups excluding tert-OH is 1. The molecule has 0 amide bonds. The minimum Gasteiger partial charge on any atom is -0.480 e. The Kier molecular flexibility index (Phi) is 5.27. The Balaban J connectivity index is 2.88. The van der Waals surface area contributed by atoms with Crippen molar-refractivity contribution >= 4 is 6.21 Å². The summed E-state index contributed by atoms with van der Waals surface area (Å²) in [7, 11) is 0. The predicted molar refractivity (Wildman–Crippen MR) is 70.2 cm³/mol. The summed E-state index contributed by atoms with van der Waals surface area (Å²) in [5, 5.41) is 9.70. The molecule has 0 unspecified atom stereocenters. The third kappa shape index (κ3) is 4.31. The number of ether oxygens (including phenoxy) is 1. The Morgan fingerprint density at radius 1 is 1.35 bits per heavy atom. The Bertz CT molecular complexity index is 394. The summed E-state index contributed by atoms with van der Waals surface area (Å²) >= 11 is 0. The monoisotopic (exact) mass is 233 g/mol. The fourth-order valence-corrected chi connectivity index (χ4v) is 1.35. The molecular formula is C14H19NO2. The molecule has 1 rings (SSSR count). The molecule has 3 nitrogen and oxygen atoms in total. The Hall–Kier alpha value is -1.77. The zero-order valence-electron chi connectivity index (χ0n) is 10.6. The lowest BCUT2D eigenvalue weighted by Crippen LogP contribution is -2.01. The molecule has 3 heteroatoms. The highest BCUT2D eigenvalue weighted by molar-refractivity contribution is 5.80. The number of aliphatic imine (C=N–C) groups is 1. The van der Waals surface area contributed by atoms with Crippen LogP contribution in [0, 0.1) is 5.92 Å². The van der Waals surface area contributed by atoms with Crippen LogP contribution in [-0.4, -0.2) is 17.9 Å². The van der Waals surface area contributed by atoms with Crippen LogP contribution in [0.1, 0.15) is 26.3 Å². The predicted octanol–water partition coefficient (Wildman–Crippen LogP) is 3.53. The van der Waals surface area contributed by atoms with Crippen LogP contribution in [0.4, 0.5) is 0 Å². The van der Waals surface area contributed by atoms with E-state index in [0.717, 1.165) is 5.56 Å². The first-order chi connectivity index (χ1) is 8.15. The zero-order valence-corrected chi connectivity index (χ0v) is 10.6. The maximum Gasteiger partial charge on any atom is 0.299 e. The van der Waals surface area contributed by atoms with Gasteiger partial charge in [0.15, 0.2) is 0 Å². The topological polar surface area (TPSA) is 41.8 Å². The van der Waals surface area contributed by atoms with E-state index < -0.39 is 0 Å². The van der Waals surface area contributed by atoms with E-state index in [1.54, 1.807) is 6.21 Å². The van der Waals surface area contributed by atoms with Gasteiger partial charge in [0, 0.05) is 12.1 Å². The van der Waals surface area contributed by atoms with Gasteiger partial charge in [0.05, 0.1) is 6.61 Å². The zero-order chi connectivity index (χ0) is 12.7. The maximum absolute atomic E-state index is 9.70. The van der Waals surface area contributed by atoms with Crippen molar-refractivity contribution in [2.45, 2.75) is 20.8 Å². The third-order valence-corrected chi connectivity index (χ3v) is 2.20. The third-order valence-electron chi connectivity index (χ3n) is 2.20. The number of benzene rings is 1. The molecular weight excluding hydrogens is 214 g/mol. The summed E-state index contributed by atoms with van der Waals surface area (Å²) in [6, 6.07) is 9.76. The van der Waals surface area contributed by atoms with E-state index in [0.29, 0.717) is 12.3 Å². The van der Waals surface area contributed by atoms with Gasteiger partial charge in [0.25, 0.3) is 5.95 Å². The largest absolute Gasteiger partial charge is 0.480 e. The van der Waals surface area contributed by atoms with Crippen molar-refractivity contribution in [3.05, 3.63) is 47.5 Å². The van der Waals surface area contributed by atoms with E-state index in [1.807, 2.05) is 51.1 Å². The summed E-state index contributed by atoms with van der Waals surface area (Å²) in [5.74, 6) is 0.0243. The van der Waals surface area contributed by atoms with E-state index in [1.165, 1.54) is 0 Å². The van der Waals surface area contributed by atoms with Gasteiger partial charge in [-0.2, -0.15) is 0 Å². The van der Waals surface area contributed by atoms with Crippen molar-refractivity contribution in [1.82, 2.24) is 0 Å². The molecule has 0 aromatic heterocycles. The van der Waals surface area contributed by atoms with Crippen molar-refractivity contribution in [3.63, 3.8) is 0 Å². The Morgan fingerprint density at radius 3 is 2.53 bits per heavy atom. The molecule has 0 spiro atoms. The van der Waals surface area contributed by atoms with Gasteiger partial charge in [0.2, 0.25) is 0 Å². The summed E-state index contributed by atoms with van der Waals surface area (Å²) in [6.07, 6.45) is 1.73. The molecule has 0 radical (unpaired) electrons. The van der Waals surface area contributed by atoms with Crippen LogP contribution in [0.2, 0.25) is 0 Å². The second-order valence-electron chi connectivity index (χ2n) is 3.95. The van der Waals surface area contributed by atoms with Crippen LogP contribution < -0.4 is 0 Å². The quantitative estimate of drug-likeness (QED) is 0.624. The smallest absolute Gasteiger partial charge is 0.299 e. The highest BCUT2D eigenvalue weighted by atomic mass is 16.6. The van der Waals surface area contributed by atoms with Crippen LogP contribution in [-0.2, 0) is 4.74 Å². The van der Waals surface area contributed by atoms with E-state index >= 15 is 0 Å². The van der Waals surface area contributed by atoms with Crippen molar-refractivity contribution in [1.29, 1.82) is 0 Å². The molecule has 0 saturated carbocycles. The van der Waals surface area contributed by atoms with Crippen molar-refractivity contribution in [3.8, 4) is 0 Å². The maximum atomic E-state index is 9.70. The number of nitrogens with zero attached hydrogens (tertiary/aromatic N) is 1. The van der Waals surface area contributed by atoms with Gasteiger partial charge in [-0.1, -0.05) is 44.2 Å². The van der Waals surface area contributed by atoms with Crippen molar-refractivity contribution in [2.75, 3.05) is 6.61 Å². The first-order valence-corrected chi connectivity index (χ1v) is 5.80. The van der Waals surface area contributed by atoms with E-state index in [9.17, 15) is 5.11 Å². The van der Waals surface area contributed by atoms with Gasteiger partial charge in [-0.05, 0) is 12.5 Å². The molecule has 0 aliphatic heterocycles. The van der Waals surface area contributed by atoms with Crippen molar-refractivity contribution < 1.29 is 9.84 Å². The molecule has 0 atom stereocenters. The highest BCUT2D eigenvalue weighted by Gasteiger charge is 2.09. The molecule has 0 heterocycles. The summed E-state index contributed by atoms with van der Waals surface area (Å²) in [5.41, 5.74) is 1.56. The fraction of sp³-hybridized carbons (Fsp3) is 0.357. The molecule has 1 N–H and O–H groups in total. The van der Waals surface area contributed by atoms with E-state index in [-0.39, 0.29) is 11.9 Å². The molecule has 0 bridgehead atoms. The Labute approximate surface area is 102 Å². The van der Waals surface area contributed by atoms with Crippen LogP contribution in [0.25, 0.3) is 0 Å². The van der Waals surface area contributed by atoms with Crippen LogP contribution in [0.15, 0.2) is 47.0 Å². The van der Waals surface area contributed by atoms with Gasteiger partial charge in [0.1, 0.15) is 5.70 Å². The number of rotatable bonds is 5. The lowest BCUT2D eigenvalue weighted by atomic mass is 10.1. The molecule has 0 saturated heterocycles. The van der Waals surface area contributed by atoms with Crippen molar-refractivity contribution in [2.24, 2.45) is 10.9 Å². The standard InChI is InChI=1S/C14H19NO2/c1-4-17-14(16)13(11(2)3)15-10-12-8-6-5-7-9-12/h5-11,16H,4H2,1-3H3/b14-13+,15-10?. The number of hydrogen-bond donors (Lipinski definition) is 1. The molecule has 92 valence electrons. The normalized spacial score (nSPS) is 12.9. The number of allylic oxidation sites excluding steroid dienone is 1. The van der Waals surface area contributed by atoms with Gasteiger partial charge in [-0.25, -0.2) is 0 Å². The first kappa shape index (κ1) is 13.3. The van der Waals surface area contributed by atoms with Gasteiger partial charge >= 0.3 is 0 Å². The lowest BCUT2D eigenvalue weighted by molar-refractivity contribution is 0.0948. The lowest BCUT2D eigenvalue weighted by Gasteiger charge is -2.09. The van der Waals surface area contributed by atoms with E-state index in [4.69, 9.17) is 4.74 Å². The van der Waals surface area contributed by atoms with Gasteiger partial charge in [-0.15, -0.1) is 0 Å². The molecule has 1 aromatic carbocycles. The van der Waals surface area contributed by atoms with Gasteiger partial charge < -0.3 is 9.84 Å². The summed E-state index contributed by atoms with van der Waals surface area (Å²) < 4.78 is 5.08. The van der Waals surface area contributed by atoms with Crippen LogP contribution >= 0.6 is 0 Å². The minimum atomic E-state index is -0.0883. The summed E-state index contributed by atoms with van der Waals surface area (Å²) in [4.78, 5) is 4.29. The highest BCUT2D eigenvalue weighted by Crippen LogP contribution is 2.15. The molecule has 17 heavy (non-hydrogen) atoms. The average molecular weight is 233 g/mol. The van der Waals surface area contributed by atoms with Crippen LogP contribution in [0.3, 0.4) is 0 Å². The van der Waals surface area contributed by atoms with Gasteiger partial charge in [-0.3, -0.25) is 4.99 Å². The molecule has 1 aromatic rings. The Morgan fingerprint density at radius 2 is 2.00 bits per heavy atom. The van der Waals surface area contributed by atoms with E-state index in [2.05, 4.69) is 4.99 Å². The minimum absolute atomic E-state index is 0.0883. The molecule has 0 fully saturated rings. The molecule has 0 aliphatic rings. The molecule has 0 aliphatic carbocycles. The SMILES string of the molecule is CCO/C(O)=C(/N=Cc1ccccc1)C(C)C. The average Bonchev–Trinajstić information content (AvgIpc) is 2.30. The number of hydrogen-bond acceptors (Lipinski definition) is 3. The summed E-state index contributed by atoms with van der Waals surface area (Å²) in [6.45, 7) is 6.19.